The summed E-state index contributed by atoms with van der Waals surface area (Å²) in [6.07, 6.45) is 4.23. The quantitative estimate of drug-likeness (QED) is 0.743. The average molecular weight is 274 g/mol. The zero-order chi connectivity index (χ0) is 14.8. The van der Waals surface area contributed by atoms with Gasteiger partial charge in [0, 0.05) is 5.70 Å². The van der Waals surface area contributed by atoms with Gasteiger partial charge in [0.2, 0.25) is 0 Å². The highest BCUT2D eigenvalue weighted by atomic mass is 16.3. The maximum absolute atomic E-state index is 12.0. The Kier molecular flexibility index (Phi) is 4.02. The topological polar surface area (TPSA) is 61.4 Å². The minimum absolute atomic E-state index is 0.0156. The number of phenolic OH excluding ortho intramolecular Hbond substituents is 1. The molecule has 0 fully saturated rings. The molecule has 0 bridgehead atoms. The van der Waals surface area contributed by atoms with Crippen LogP contribution in [0.15, 0.2) is 36.0 Å². The lowest BCUT2D eigenvalue weighted by molar-refractivity contribution is 0.0933. The maximum Gasteiger partial charge on any atom is 0.273 e. The van der Waals surface area contributed by atoms with Crippen LogP contribution in [0.25, 0.3) is 0 Å². The number of amides is 1. The Labute approximate surface area is 119 Å². The van der Waals surface area contributed by atoms with Gasteiger partial charge in [0.25, 0.3) is 5.91 Å². The predicted octanol–water partition coefficient (Wildman–Crippen LogP) is 2.97. The third kappa shape index (κ3) is 3.53. The van der Waals surface area contributed by atoms with E-state index >= 15 is 0 Å². The van der Waals surface area contributed by atoms with Crippen molar-refractivity contribution in [3.8, 4) is 5.75 Å². The molecule has 0 aromatic heterocycles. The Morgan fingerprint density at radius 2 is 2.05 bits per heavy atom. The van der Waals surface area contributed by atoms with Crippen LogP contribution < -0.4 is 10.9 Å². The standard InChI is InChI=1S/C16H22N2O2/c1-11-8-12(10-16(2,3)9-11)17-18-15(20)13-6-4-5-7-14(13)19/h4-7,10-11,17,19H,8-9H2,1-3H3,(H,18,20)/t11-/m0/s1. The fourth-order valence-electron chi connectivity index (χ4n) is 2.89. The molecule has 2 rings (SSSR count). The molecule has 0 radical (unpaired) electrons. The van der Waals surface area contributed by atoms with E-state index in [0.717, 1.165) is 18.5 Å². The Bertz CT molecular complexity index is 535. The zero-order valence-electron chi connectivity index (χ0n) is 12.2. The smallest absolute Gasteiger partial charge is 0.273 e. The minimum Gasteiger partial charge on any atom is -0.507 e. The number of benzene rings is 1. The third-order valence-electron chi connectivity index (χ3n) is 3.49. The lowest BCUT2D eigenvalue weighted by Crippen LogP contribution is -2.39. The number of hydrogen-bond acceptors (Lipinski definition) is 3. The molecule has 1 amide bonds. The number of carbonyl (C=O) groups excluding carboxylic acids is 1. The number of hydrazine groups is 1. The van der Waals surface area contributed by atoms with Crippen LogP contribution in [-0.4, -0.2) is 11.0 Å². The van der Waals surface area contributed by atoms with Gasteiger partial charge in [0.15, 0.2) is 0 Å². The van der Waals surface area contributed by atoms with Crippen LogP contribution in [0.3, 0.4) is 0 Å². The molecule has 4 nitrogen and oxygen atoms in total. The van der Waals surface area contributed by atoms with Crippen LogP contribution in [0.5, 0.6) is 5.75 Å². The molecule has 1 aliphatic rings. The van der Waals surface area contributed by atoms with E-state index in [9.17, 15) is 9.90 Å². The second kappa shape index (κ2) is 5.57. The molecule has 0 saturated heterocycles. The van der Waals surface area contributed by atoms with Gasteiger partial charge >= 0.3 is 0 Å². The van der Waals surface area contributed by atoms with E-state index in [1.165, 1.54) is 6.07 Å². The van der Waals surface area contributed by atoms with Crippen molar-refractivity contribution in [3.05, 3.63) is 41.6 Å². The van der Waals surface area contributed by atoms with E-state index in [4.69, 9.17) is 0 Å². The normalized spacial score (nSPS) is 20.9. The summed E-state index contributed by atoms with van der Waals surface area (Å²) in [5.41, 5.74) is 7.07. The van der Waals surface area contributed by atoms with Crippen molar-refractivity contribution in [2.45, 2.75) is 33.6 Å². The second-order valence-corrected chi connectivity index (χ2v) is 6.27. The van der Waals surface area contributed by atoms with E-state index in [1.54, 1.807) is 18.2 Å². The average Bonchev–Trinajstić information content (AvgIpc) is 2.34. The van der Waals surface area contributed by atoms with Crippen molar-refractivity contribution in [3.63, 3.8) is 0 Å². The van der Waals surface area contributed by atoms with Gasteiger partial charge in [-0.1, -0.05) is 39.0 Å². The first-order chi connectivity index (χ1) is 9.37. The first kappa shape index (κ1) is 14.4. The molecule has 1 aromatic carbocycles. The first-order valence-corrected chi connectivity index (χ1v) is 6.93. The molecule has 3 N–H and O–H groups in total. The highest BCUT2D eigenvalue weighted by Gasteiger charge is 2.25. The number of hydrogen-bond donors (Lipinski definition) is 3. The fraction of sp³-hybridized carbons (Fsp3) is 0.438. The van der Waals surface area contributed by atoms with Crippen LogP contribution >= 0.6 is 0 Å². The van der Waals surface area contributed by atoms with Gasteiger partial charge in [-0.25, -0.2) is 0 Å². The summed E-state index contributed by atoms with van der Waals surface area (Å²) in [7, 11) is 0. The molecule has 0 heterocycles. The van der Waals surface area contributed by atoms with Crippen molar-refractivity contribution in [1.29, 1.82) is 0 Å². The summed E-state index contributed by atoms with van der Waals surface area (Å²) in [5, 5.41) is 9.64. The number of allylic oxidation sites excluding steroid dienone is 2. The van der Waals surface area contributed by atoms with Gasteiger partial charge in [-0.15, -0.1) is 0 Å². The van der Waals surface area contributed by atoms with Crippen molar-refractivity contribution >= 4 is 5.91 Å². The Balaban J connectivity index is 2.01. The van der Waals surface area contributed by atoms with E-state index in [2.05, 4.69) is 37.7 Å². The van der Waals surface area contributed by atoms with Crippen molar-refractivity contribution < 1.29 is 9.90 Å². The van der Waals surface area contributed by atoms with Crippen LogP contribution in [0.1, 0.15) is 44.0 Å². The number of nitrogens with one attached hydrogen (secondary N) is 2. The van der Waals surface area contributed by atoms with Crippen LogP contribution in [0.2, 0.25) is 0 Å². The SMILES string of the molecule is C[C@H]1CC(NNC(=O)c2ccccc2O)=CC(C)(C)C1. The Hall–Kier alpha value is -1.97. The third-order valence-corrected chi connectivity index (χ3v) is 3.49. The van der Waals surface area contributed by atoms with Crippen molar-refractivity contribution in [1.82, 2.24) is 10.9 Å². The summed E-state index contributed by atoms with van der Waals surface area (Å²) >= 11 is 0. The zero-order valence-corrected chi connectivity index (χ0v) is 12.2. The molecule has 1 atom stereocenters. The molecule has 0 aliphatic heterocycles. The molecule has 1 aliphatic carbocycles. The maximum atomic E-state index is 12.0. The lowest BCUT2D eigenvalue weighted by Gasteiger charge is -2.32. The van der Waals surface area contributed by atoms with E-state index in [1.807, 2.05) is 0 Å². The first-order valence-electron chi connectivity index (χ1n) is 6.93. The van der Waals surface area contributed by atoms with Gasteiger partial charge in [0.05, 0.1) is 5.56 Å². The molecular formula is C16H22N2O2. The predicted molar refractivity (Wildman–Crippen MR) is 79.0 cm³/mol. The molecular weight excluding hydrogens is 252 g/mol. The molecule has 4 heteroatoms. The van der Waals surface area contributed by atoms with Gasteiger partial charge in [-0.3, -0.25) is 10.2 Å². The lowest BCUT2D eigenvalue weighted by atomic mass is 9.76. The van der Waals surface area contributed by atoms with Gasteiger partial charge < -0.3 is 10.5 Å². The van der Waals surface area contributed by atoms with Gasteiger partial charge in [-0.2, -0.15) is 0 Å². The van der Waals surface area contributed by atoms with Crippen LogP contribution in [0, 0.1) is 11.3 Å². The number of para-hydroxylation sites is 1. The molecule has 0 saturated carbocycles. The van der Waals surface area contributed by atoms with Crippen molar-refractivity contribution in [2.24, 2.45) is 11.3 Å². The van der Waals surface area contributed by atoms with Gasteiger partial charge in [0.1, 0.15) is 5.75 Å². The van der Waals surface area contributed by atoms with Crippen LogP contribution in [0.4, 0.5) is 0 Å². The molecule has 0 unspecified atom stereocenters. The monoisotopic (exact) mass is 274 g/mol. The summed E-state index contributed by atoms with van der Waals surface area (Å²) in [4.78, 5) is 12.0. The number of phenols is 1. The second-order valence-electron chi connectivity index (χ2n) is 6.27. The number of aromatic hydroxyl groups is 1. The molecule has 108 valence electrons. The van der Waals surface area contributed by atoms with E-state index in [-0.39, 0.29) is 22.6 Å². The summed E-state index contributed by atoms with van der Waals surface area (Å²) in [6.45, 7) is 6.59. The van der Waals surface area contributed by atoms with Crippen LogP contribution in [-0.2, 0) is 0 Å². The molecule has 20 heavy (non-hydrogen) atoms. The summed E-state index contributed by atoms with van der Waals surface area (Å²) < 4.78 is 0. The largest absolute Gasteiger partial charge is 0.507 e. The van der Waals surface area contributed by atoms with Gasteiger partial charge in [-0.05, 0) is 36.3 Å². The minimum atomic E-state index is -0.333. The molecule has 1 aromatic rings. The fourth-order valence-corrected chi connectivity index (χ4v) is 2.89. The Morgan fingerprint density at radius 3 is 2.70 bits per heavy atom. The number of carbonyl (C=O) groups is 1. The highest BCUT2D eigenvalue weighted by Crippen LogP contribution is 2.35. The summed E-state index contributed by atoms with van der Waals surface area (Å²) in [6, 6.07) is 6.50. The highest BCUT2D eigenvalue weighted by molar-refractivity contribution is 5.96. The van der Waals surface area contributed by atoms with Crippen molar-refractivity contribution in [2.75, 3.05) is 0 Å². The Morgan fingerprint density at radius 1 is 1.35 bits per heavy atom. The number of rotatable bonds is 3. The van der Waals surface area contributed by atoms with E-state index in [0.29, 0.717) is 5.92 Å². The summed E-state index contributed by atoms with van der Waals surface area (Å²) in [5.74, 6) is 0.234. The van der Waals surface area contributed by atoms with E-state index < -0.39 is 0 Å². The molecule has 0 spiro atoms.